The highest BCUT2D eigenvalue weighted by molar-refractivity contribution is 6.76. The summed E-state index contributed by atoms with van der Waals surface area (Å²) in [6, 6.07) is 1.16. The van der Waals surface area contributed by atoms with Gasteiger partial charge in [-0.15, -0.1) is 0 Å². The highest BCUT2D eigenvalue weighted by atomic mass is 28.3. The third-order valence-electron chi connectivity index (χ3n) is 0.970. The third kappa shape index (κ3) is 6.14. The average Bonchev–Trinajstić information content (AvgIpc) is 1.59. The topological polar surface area (TPSA) is 35.2 Å². The van der Waals surface area contributed by atoms with E-state index in [0.29, 0.717) is 0 Å². The highest BCUT2D eigenvalue weighted by Gasteiger charge is 2.11. The number of hydrogen-bond acceptors (Lipinski definition) is 2. The van der Waals surface area contributed by atoms with Crippen molar-refractivity contribution in [2.75, 3.05) is 6.61 Å². The molecule has 0 spiro atoms. The van der Waals surface area contributed by atoms with Gasteiger partial charge >= 0.3 is 0 Å². The van der Waals surface area contributed by atoms with Gasteiger partial charge in [0.15, 0.2) is 0 Å². The summed E-state index contributed by atoms with van der Waals surface area (Å²) in [4.78, 5) is 4.45. The first-order valence-corrected chi connectivity index (χ1v) is 6.59. The molecule has 0 aliphatic rings. The maximum atomic E-state index is 4.86. The van der Waals surface area contributed by atoms with Gasteiger partial charge in [0.05, 0.1) is 6.61 Å². The SMILES string of the molecule is C[Si](C)(C)CCON. The molecule has 0 fully saturated rings. The van der Waals surface area contributed by atoms with Gasteiger partial charge < -0.3 is 4.84 Å². The Balaban J connectivity index is 3.11. The van der Waals surface area contributed by atoms with Crippen LogP contribution < -0.4 is 5.90 Å². The van der Waals surface area contributed by atoms with Crippen molar-refractivity contribution in [2.45, 2.75) is 25.7 Å². The molecule has 0 saturated heterocycles. The number of nitrogens with two attached hydrogens (primary N) is 1. The lowest BCUT2D eigenvalue weighted by molar-refractivity contribution is 0.151. The summed E-state index contributed by atoms with van der Waals surface area (Å²) in [5, 5.41) is 0. The molecule has 0 saturated carbocycles. The van der Waals surface area contributed by atoms with Gasteiger partial charge in [-0.3, -0.25) is 0 Å². The van der Waals surface area contributed by atoms with Crippen LogP contribution in [0, 0.1) is 0 Å². The molecule has 0 amide bonds. The van der Waals surface area contributed by atoms with Gasteiger partial charge in [0.25, 0.3) is 0 Å². The second-order valence-corrected chi connectivity index (χ2v) is 8.80. The van der Waals surface area contributed by atoms with Gasteiger partial charge in [-0.25, -0.2) is 5.90 Å². The fourth-order valence-electron chi connectivity index (χ4n) is 0.365. The second-order valence-electron chi connectivity index (χ2n) is 3.18. The van der Waals surface area contributed by atoms with Crippen LogP contribution in [0.1, 0.15) is 0 Å². The summed E-state index contributed by atoms with van der Waals surface area (Å²) in [5.74, 6) is 4.86. The molecule has 2 nitrogen and oxygen atoms in total. The van der Waals surface area contributed by atoms with Gasteiger partial charge in [-0.2, -0.15) is 0 Å². The fraction of sp³-hybridized carbons (Fsp3) is 1.00. The molecule has 0 heterocycles. The van der Waals surface area contributed by atoms with E-state index >= 15 is 0 Å². The Bertz CT molecular complexity index is 59.9. The molecule has 0 radical (unpaired) electrons. The normalized spacial score (nSPS) is 12.0. The predicted molar refractivity (Wildman–Crippen MR) is 38.3 cm³/mol. The monoisotopic (exact) mass is 133 g/mol. The van der Waals surface area contributed by atoms with Crippen molar-refractivity contribution in [2.24, 2.45) is 5.90 Å². The van der Waals surface area contributed by atoms with Crippen LogP contribution in [0.3, 0.4) is 0 Å². The summed E-state index contributed by atoms with van der Waals surface area (Å²) >= 11 is 0. The molecule has 0 bridgehead atoms. The van der Waals surface area contributed by atoms with Crippen molar-refractivity contribution in [1.29, 1.82) is 0 Å². The van der Waals surface area contributed by atoms with E-state index in [4.69, 9.17) is 5.90 Å². The zero-order chi connectivity index (χ0) is 6.62. The molecule has 50 valence electrons. The molecular formula is C5H15NOSi. The fourth-order valence-corrected chi connectivity index (χ4v) is 1.10. The predicted octanol–water partition coefficient (Wildman–Crippen LogP) is 1.21. The molecule has 0 aromatic rings. The maximum Gasteiger partial charge on any atom is 0.0655 e. The molecule has 0 atom stereocenters. The lowest BCUT2D eigenvalue weighted by Gasteiger charge is -2.13. The summed E-state index contributed by atoms with van der Waals surface area (Å²) in [6.07, 6.45) is 0. The van der Waals surface area contributed by atoms with E-state index in [1.165, 1.54) is 0 Å². The zero-order valence-corrected chi connectivity index (χ0v) is 6.90. The van der Waals surface area contributed by atoms with Crippen LogP contribution >= 0.6 is 0 Å². The van der Waals surface area contributed by atoms with E-state index in [-0.39, 0.29) is 0 Å². The van der Waals surface area contributed by atoms with Gasteiger partial charge in [0.2, 0.25) is 0 Å². The minimum absolute atomic E-state index is 0.718. The van der Waals surface area contributed by atoms with Crippen molar-refractivity contribution in [3.05, 3.63) is 0 Å². The first-order chi connectivity index (χ1) is 3.56. The molecule has 0 aromatic carbocycles. The van der Waals surface area contributed by atoms with E-state index in [9.17, 15) is 0 Å². The van der Waals surface area contributed by atoms with E-state index in [0.717, 1.165) is 12.7 Å². The summed E-state index contributed by atoms with van der Waals surface area (Å²) in [7, 11) is -0.883. The Kier molecular flexibility index (Phi) is 3.27. The highest BCUT2D eigenvalue weighted by Crippen LogP contribution is 2.06. The van der Waals surface area contributed by atoms with Crippen LogP contribution in [0.25, 0.3) is 0 Å². The number of rotatable bonds is 3. The van der Waals surface area contributed by atoms with Crippen LogP contribution in [-0.4, -0.2) is 14.7 Å². The molecule has 0 rings (SSSR count). The van der Waals surface area contributed by atoms with Gasteiger partial charge in [0, 0.05) is 8.07 Å². The van der Waals surface area contributed by atoms with Crippen molar-refractivity contribution in [3.63, 3.8) is 0 Å². The van der Waals surface area contributed by atoms with E-state index in [2.05, 4.69) is 24.5 Å². The molecule has 3 heteroatoms. The summed E-state index contributed by atoms with van der Waals surface area (Å²) in [5.41, 5.74) is 0. The third-order valence-corrected chi connectivity index (χ3v) is 2.67. The Morgan fingerprint density at radius 2 is 1.88 bits per heavy atom. The summed E-state index contributed by atoms with van der Waals surface area (Å²) < 4.78 is 0. The Hall–Kier alpha value is 0.137. The lowest BCUT2D eigenvalue weighted by Crippen LogP contribution is -2.22. The minimum atomic E-state index is -0.883. The van der Waals surface area contributed by atoms with Gasteiger partial charge in [0.1, 0.15) is 0 Å². The molecule has 2 N–H and O–H groups in total. The first kappa shape index (κ1) is 8.14. The van der Waals surface area contributed by atoms with E-state index < -0.39 is 8.07 Å². The van der Waals surface area contributed by atoms with Crippen LogP contribution in [0.2, 0.25) is 25.7 Å². The van der Waals surface area contributed by atoms with Crippen LogP contribution in [-0.2, 0) is 4.84 Å². The molecule has 0 aliphatic carbocycles. The maximum absolute atomic E-state index is 4.86. The Morgan fingerprint density at radius 3 is 2.00 bits per heavy atom. The lowest BCUT2D eigenvalue weighted by atomic mass is 10.9. The van der Waals surface area contributed by atoms with Gasteiger partial charge in [-0.1, -0.05) is 19.6 Å². The molecule has 0 unspecified atom stereocenters. The van der Waals surface area contributed by atoms with Crippen molar-refractivity contribution >= 4 is 8.07 Å². The Morgan fingerprint density at radius 1 is 1.38 bits per heavy atom. The first-order valence-electron chi connectivity index (χ1n) is 2.88. The van der Waals surface area contributed by atoms with E-state index in [1.54, 1.807) is 0 Å². The molecule has 8 heavy (non-hydrogen) atoms. The molecule has 0 aliphatic heterocycles. The zero-order valence-electron chi connectivity index (χ0n) is 5.90. The van der Waals surface area contributed by atoms with Crippen molar-refractivity contribution in [1.82, 2.24) is 0 Å². The van der Waals surface area contributed by atoms with Crippen LogP contribution in [0.5, 0.6) is 0 Å². The average molecular weight is 133 g/mol. The van der Waals surface area contributed by atoms with Crippen molar-refractivity contribution < 1.29 is 4.84 Å². The van der Waals surface area contributed by atoms with Crippen LogP contribution in [0.4, 0.5) is 0 Å². The van der Waals surface area contributed by atoms with E-state index in [1.807, 2.05) is 0 Å². The molecule has 0 aromatic heterocycles. The van der Waals surface area contributed by atoms with Crippen molar-refractivity contribution in [3.8, 4) is 0 Å². The quantitative estimate of drug-likeness (QED) is 0.464. The van der Waals surface area contributed by atoms with Gasteiger partial charge in [-0.05, 0) is 6.04 Å². The number of hydrogen-bond donors (Lipinski definition) is 1. The minimum Gasteiger partial charge on any atom is -0.305 e. The largest absolute Gasteiger partial charge is 0.305 e. The summed E-state index contributed by atoms with van der Waals surface area (Å²) in [6.45, 7) is 7.61. The smallest absolute Gasteiger partial charge is 0.0655 e. The van der Waals surface area contributed by atoms with Crippen LogP contribution in [0.15, 0.2) is 0 Å². The second kappa shape index (κ2) is 3.22. The standard InChI is InChI=1S/C5H15NOSi/c1-8(2,3)5-4-7-6/h4-6H2,1-3H3. The molecular weight excluding hydrogens is 118 g/mol. The Labute approximate surface area is 52.0 Å².